The van der Waals surface area contributed by atoms with Gasteiger partial charge in [0.15, 0.2) is 0 Å². The lowest BCUT2D eigenvalue weighted by Crippen LogP contribution is -2.35. The lowest BCUT2D eigenvalue weighted by atomic mass is 9.80. The van der Waals surface area contributed by atoms with E-state index in [0.29, 0.717) is 0 Å². The molecule has 1 fully saturated rings. The minimum absolute atomic E-state index is 0.0660. The summed E-state index contributed by atoms with van der Waals surface area (Å²) >= 11 is 0. The third-order valence-electron chi connectivity index (χ3n) is 2.53. The number of hydrogen-bond acceptors (Lipinski definition) is 1. The van der Waals surface area contributed by atoms with Crippen LogP contribution in [-0.4, -0.2) is 16.9 Å². The Morgan fingerprint density at radius 2 is 1.67 bits per heavy atom. The molecule has 1 N–H and O–H groups in total. The summed E-state index contributed by atoms with van der Waals surface area (Å²) in [5, 5.41) is 9.39. The SMILES string of the molecule is C[C@]1(O)CC[C@@H](C(F)(F)F)CC1. The van der Waals surface area contributed by atoms with Gasteiger partial charge in [-0.1, -0.05) is 0 Å². The summed E-state index contributed by atoms with van der Waals surface area (Å²) in [5.41, 5.74) is -0.873. The maximum Gasteiger partial charge on any atom is 0.391 e. The highest BCUT2D eigenvalue weighted by Crippen LogP contribution is 2.40. The zero-order chi connectivity index (χ0) is 9.41. The monoisotopic (exact) mass is 182 g/mol. The van der Waals surface area contributed by atoms with Crippen molar-refractivity contribution in [3.05, 3.63) is 0 Å². The molecule has 0 amide bonds. The van der Waals surface area contributed by atoms with Gasteiger partial charge in [0, 0.05) is 0 Å². The van der Waals surface area contributed by atoms with Gasteiger partial charge in [0.05, 0.1) is 11.5 Å². The fourth-order valence-electron chi connectivity index (χ4n) is 1.57. The van der Waals surface area contributed by atoms with Crippen LogP contribution in [-0.2, 0) is 0 Å². The van der Waals surface area contributed by atoms with Crippen molar-refractivity contribution in [2.24, 2.45) is 5.92 Å². The van der Waals surface area contributed by atoms with Crippen LogP contribution in [0.25, 0.3) is 0 Å². The fourth-order valence-corrected chi connectivity index (χ4v) is 1.57. The van der Waals surface area contributed by atoms with Crippen LogP contribution in [0.15, 0.2) is 0 Å². The standard InChI is InChI=1S/C8H13F3O/c1-7(12)4-2-6(3-5-7)8(9,10)11/h6,12H,2-5H2,1H3/t6-,7+. The van der Waals surface area contributed by atoms with Gasteiger partial charge in [-0.3, -0.25) is 0 Å². The van der Waals surface area contributed by atoms with Crippen molar-refractivity contribution in [2.45, 2.75) is 44.4 Å². The Morgan fingerprint density at radius 3 is 2.00 bits per heavy atom. The van der Waals surface area contributed by atoms with Gasteiger partial charge in [0.25, 0.3) is 0 Å². The Hall–Kier alpha value is -0.250. The molecule has 0 heterocycles. The van der Waals surface area contributed by atoms with Crippen molar-refractivity contribution in [1.82, 2.24) is 0 Å². The average molecular weight is 182 g/mol. The minimum Gasteiger partial charge on any atom is -0.390 e. The lowest BCUT2D eigenvalue weighted by molar-refractivity contribution is -0.191. The molecule has 0 aromatic carbocycles. The summed E-state index contributed by atoms with van der Waals surface area (Å²) in [6, 6.07) is 0. The predicted octanol–water partition coefficient (Wildman–Crippen LogP) is 2.49. The summed E-state index contributed by atoms with van der Waals surface area (Å²) in [4.78, 5) is 0. The van der Waals surface area contributed by atoms with E-state index in [-0.39, 0.29) is 25.7 Å². The van der Waals surface area contributed by atoms with Gasteiger partial charge in [0.2, 0.25) is 0 Å². The maximum absolute atomic E-state index is 12.1. The second kappa shape index (κ2) is 2.91. The van der Waals surface area contributed by atoms with E-state index in [4.69, 9.17) is 0 Å². The highest BCUT2D eigenvalue weighted by atomic mass is 19.4. The maximum atomic E-state index is 12.1. The van der Waals surface area contributed by atoms with Crippen molar-refractivity contribution < 1.29 is 18.3 Å². The molecule has 0 bridgehead atoms. The zero-order valence-electron chi connectivity index (χ0n) is 6.99. The van der Waals surface area contributed by atoms with Crippen LogP contribution in [0.4, 0.5) is 13.2 Å². The first kappa shape index (κ1) is 9.84. The van der Waals surface area contributed by atoms with E-state index in [0.717, 1.165) is 0 Å². The second-order valence-electron chi connectivity index (χ2n) is 3.81. The van der Waals surface area contributed by atoms with E-state index in [1.165, 1.54) is 0 Å². The van der Waals surface area contributed by atoms with Crippen molar-refractivity contribution in [3.63, 3.8) is 0 Å². The number of rotatable bonds is 0. The van der Waals surface area contributed by atoms with Gasteiger partial charge in [-0.2, -0.15) is 13.2 Å². The largest absolute Gasteiger partial charge is 0.391 e. The Balaban J connectivity index is 2.47. The van der Waals surface area contributed by atoms with Crippen LogP contribution in [0.5, 0.6) is 0 Å². The van der Waals surface area contributed by atoms with E-state index in [2.05, 4.69) is 0 Å². The van der Waals surface area contributed by atoms with E-state index in [1.807, 2.05) is 0 Å². The van der Waals surface area contributed by atoms with Crippen molar-refractivity contribution in [1.29, 1.82) is 0 Å². The molecule has 1 saturated carbocycles. The second-order valence-corrected chi connectivity index (χ2v) is 3.81. The van der Waals surface area contributed by atoms with Crippen LogP contribution >= 0.6 is 0 Å². The van der Waals surface area contributed by atoms with E-state index < -0.39 is 17.7 Å². The van der Waals surface area contributed by atoms with Gasteiger partial charge >= 0.3 is 6.18 Å². The van der Waals surface area contributed by atoms with Crippen LogP contribution in [0.2, 0.25) is 0 Å². The summed E-state index contributed by atoms with van der Waals surface area (Å²) in [6.45, 7) is 1.60. The molecule has 1 nitrogen and oxygen atoms in total. The Labute approximate surface area is 69.6 Å². The summed E-state index contributed by atoms with van der Waals surface area (Å²) in [6.07, 6.45) is -3.42. The van der Waals surface area contributed by atoms with Gasteiger partial charge in [-0.05, 0) is 32.6 Å². The molecule has 0 atom stereocenters. The first-order valence-electron chi connectivity index (χ1n) is 4.10. The van der Waals surface area contributed by atoms with Gasteiger partial charge < -0.3 is 5.11 Å². The molecule has 0 aromatic heterocycles. The smallest absolute Gasteiger partial charge is 0.390 e. The highest BCUT2D eigenvalue weighted by Gasteiger charge is 2.43. The Bertz CT molecular complexity index is 152. The summed E-state index contributed by atoms with van der Waals surface area (Å²) < 4.78 is 36.3. The Morgan fingerprint density at radius 1 is 1.25 bits per heavy atom. The highest BCUT2D eigenvalue weighted by molar-refractivity contribution is 4.83. The normalized spacial score (nSPS) is 38.2. The van der Waals surface area contributed by atoms with E-state index >= 15 is 0 Å². The quantitative estimate of drug-likeness (QED) is 0.610. The fraction of sp³-hybridized carbons (Fsp3) is 1.00. The summed E-state index contributed by atoms with van der Waals surface area (Å²) in [5.74, 6) is -1.20. The molecular weight excluding hydrogens is 169 g/mol. The molecule has 72 valence electrons. The number of hydrogen-bond donors (Lipinski definition) is 1. The van der Waals surface area contributed by atoms with Crippen molar-refractivity contribution >= 4 is 0 Å². The molecule has 0 aromatic rings. The molecule has 0 aliphatic heterocycles. The average Bonchev–Trinajstić information content (AvgIpc) is 1.83. The molecule has 1 rings (SSSR count). The zero-order valence-corrected chi connectivity index (χ0v) is 6.99. The third kappa shape index (κ3) is 2.37. The molecule has 12 heavy (non-hydrogen) atoms. The summed E-state index contributed by atoms with van der Waals surface area (Å²) in [7, 11) is 0. The van der Waals surface area contributed by atoms with Crippen LogP contribution in [0, 0.1) is 5.92 Å². The lowest BCUT2D eigenvalue weighted by Gasteiger charge is -2.33. The Kier molecular flexibility index (Phi) is 2.38. The van der Waals surface area contributed by atoms with E-state index in [9.17, 15) is 18.3 Å². The van der Waals surface area contributed by atoms with Crippen molar-refractivity contribution in [2.75, 3.05) is 0 Å². The van der Waals surface area contributed by atoms with Gasteiger partial charge in [-0.25, -0.2) is 0 Å². The number of aliphatic hydroxyl groups is 1. The molecule has 0 radical (unpaired) electrons. The third-order valence-corrected chi connectivity index (χ3v) is 2.53. The first-order valence-corrected chi connectivity index (χ1v) is 4.10. The number of alkyl halides is 3. The topological polar surface area (TPSA) is 20.2 Å². The van der Waals surface area contributed by atoms with Crippen molar-refractivity contribution in [3.8, 4) is 0 Å². The first-order chi connectivity index (χ1) is 5.31. The molecular formula is C8H13F3O. The molecule has 4 heteroatoms. The van der Waals surface area contributed by atoms with E-state index in [1.54, 1.807) is 6.92 Å². The van der Waals surface area contributed by atoms with Crippen LogP contribution in [0.3, 0.4) is 0 Å². The molecule has 0 saturated heterocycles. The predicted molar refractivity (Wildman–Crippen MR) is 38.6 cm³/mol. The molecule has 1 aliphatic rings. The van der Waals surface area contributed by atoms with Gasteiger partial charge in [-0.15, -0.1) is 0 Å². The molecule has 0 spiro atoms. The number of halogens is 3. The van der Waals surface area contributed by atoms with Crippen LogP contribution in [0.1, 0.15) is 32.6 Å². The molecule has 0 unspecified atom stereocenters. The van der Waals surface area contributed by atoms with Gasteiger partial charge in [0.1, 0.15) is 0 Å². The minimum atomic E-state index is -4.07. The van der Waals surface area contributed by atoms with Crippen LogP contribution < -0.4 is 0 Å². The molecule has 1 aliphatic carbocycles.